The minimum Gasteiger partial charge on any atom is -0.397 e. The fraction of sp³-hybridized carbons (Fsp3) is 0.379. The summed E-state index contributed by atoms with van der Waals surface area (Å²) >= 11 is 0. The van der Waals surface area contributed by atoms with Crippen LogP contribution in [0.5, 0.6) is 0 Å². The number of unbranched alkanes of at least 4 members (excludes halogenated alkanes) is 3. The third kappa shape index (κ3) is 7.35. The molecule has 11 nitrogen and oxygen atoms in total. The van der Waals surface area contributed by atoms with Gasteiger partial charge in [0.1, 0.15) is 11.9 Å². The fourth-order valence-electron chi connectivity index (χ4n) is 4.60. The molecule has 13 heteroatoms. The lowest BCUT2D eigenvalue weighted by molar-refractivity contribution is -0.141. The number of rotatable bonds is 12. The number of nitrogens with zero attached hydrogens (tertiary/aromatic N) is 2. The normalized spacial score (nSPS) is 19.4. The van der Waals surface area contributed by atoms with Crippen molar-refractivity contribution in [2.45, 2.75) is 62.9 Å². The summed E-state index contributed by atoms with van der Waals surface area (Å²) in [7, 11) is 0. The number of carbonyl (C=O) groups excluding carboxylic acids is 2. The van der Waals surface area contributed by atoms with Crippen LogP contribution in [0.15, 0.2) is 65.6 Å². The average molecular weight is 586 g/mol. The maximum absolute atomic E-state index is 14.3. The van der Waals surface area contributed by atoms with Crippen LogP contribution < -0.4 is 22.1 Å². The van der Waals surface area contributed by atoms with Crippen LogP contribution in [-0.2, 0) is 14.3 Å². The molecule has 42 heavy (non-hydrogen) atoms. The highest BCUT2D eigenvalue weighted by atomic mass is 19.3. The second-order valence-corrected chi connectivity index (χ2v) is 10.0. The molecular formula is C29H33F2N5O6. The van der Waals surface area contributed by atoms with Crippen molar-refractivity contribution < 1.29 is 33.3 Å². The summed E-state index contributed by atoms with van der Waals surface area (Å²) in [6, 6.07) is 16.4. The Bertz CT molecular complexity index is 1450. The standard InChI is InChI=1S/C29H33F2N5O6/c30-29(31)26(40)22(17-37)42-27(29)36-15-14-23(35-28(36)41)34-25(39)11-7-2-1-6-10-24(38)33-21-16-19(12-13-20(21)32)18-8-4-3-5-9-18/h3-5,8-9,12-16,22,26-27,37,40H,1-2,6-7,10-11,17,32H2,(H,33,38)(H,34,35,39,41)/t22-,26-,27-/m1/s1. The van der Waals surface area contributed by atoms with E-state index in [1.165, 1.54) is 0 Å². The molecule has 1 aliphatic rings. The number of nitrogen functional groups attached to an aromatic ring is 1. The van der Waals surface area contributed by atoms with Crippen LogP contribution in [0.25, 0.3) is 11.1 Å². The lowest BCUT2D eigenvalue weighted by atomic mass is 10.0. The number of aliphatic hydroxyl groups excluding tert-OH is 2. The van der Waals surface area contributed by atoms with Gasteiger partial charge in [0.15, 0.2) is 6.10 Å². The van der Waals surface area contributed by atoms with E-state index in [0.29, 0.717) is 48.0 Å². The van der Waals surface area contributed by atoms with E-state index in [0.717, 1.165) is 23.4 Å². The van der Waals surface area contributed by atoms with Crippen LogP contribution in [-0.4, -0.2) is 56.3 Å². The predicted octanol–water partition coefficient (Wildman–Crippen LogP) is 3.30. The Morgan fingerprint density at radius 1 is 0.976 bits per heavy atom. The van der Waals surface area contributed by atoms with Crippen LogP contribution in [0.2, 0.25) is 0 Å². The van der Waals surface area contributed by atoms with Crippen molar-refractivity contribution in [3.8, 4) is 11.1 Å². The summed E-state index contributed by atoms with van der Waals surface area (Å²) in [4.78, 5) is 40.6. The smallest absolute Gasteiger partial charge is 0.351 e. The number of hydrogen-bond donors (Lipinski definition) is 5. The Labute approximate surface area is 240 Å². The van der Waals surface area contributed by atoms with E-state index >= 15 is 0 Å². The first-order valence-corrected chi connectivity index (χ1v) is 13.6. The van der Waals surface area contributed by atoms with Gasteiger partial charge in [-0.3, -0.25) is 14.2 Å². The number of amides is 2. The Morgan fingerprint density at radius 2 is 1.64 bits per heavy atom. The van der Waals surface area contributed by atoms with Crippen molar-refractivity contribution in [3.63, 3.8) is 0 Å². The molecule has 3 aromatic rings. The molecule has 0 radical (unpaired) electrons. The Balaban J connectivity index is 1.17. The lowest BCUT2D eigenvalue weighted by Crippen LogP contribution is -2.41. The highest BCUT2D eigenvalue weighted by Crippen LogP contribution is 2.42. The van der Waals surface area contributed by atoms with Crippen molar-refractivity contribution in [2.24, 2.45) is 0 Å². The molecule has 0 unspecified atom stereocenters. The second-order valence-electron chi connectivity index (χ2n) is 10.0. The first-order valence-electron chi connectivity index (χ1n) is 13.6. The largest absolute Gasteiger partial charge is 0.397 e. The summed E-state index contributed by atoms with van der Waals surface area (Å²) in [5.41, 5.74) is 7.90. The van der Waals surface area contributed by atoms with E-state index in [9.17, 15) is 28.3 Å². The molecule has 0 bridgehead atoms. The highest BCUT2D eigenvalue weighted by molar-refractivity contribution is 5.95. The van der Waals surface area contributed by atoms with Gasteiger partial charge < -0.3 is 31.3 Å². The van der Waals surface area contributed by atoms with Crippen LogP contribution in [0.1, 0.15) is 44.8 Å². The molecule has 2 amide bonds. The summed E-state index contributed by atoms with van der Waals surface area (Å²) in [6.45, 7) is -0.852. The predicted molar refractivity (Wildman–Crippen MR) is 152 cm³/mol. The maximum atomic E-state index is 14.3. The van der Waals surface area contributed by atoms with Crippen LogP contribution in [0.3, 0.4) is 0 Å². The van der Waals surface area contributed by atoms with Gasteiger partial charge in [0.05, 0.1) is 18.0 Å². The third-order valence-corrected chi connectivity index (χ3v) is 6.90. The molecule has 0 saturated carbocycles. The quantitative estimate of drug-likeness (QED) is 0.159. The average Bonchev–Trinajstić information content (AvgIpc) is 3.20. The molecule has 1 aliphatic heterocycles. The minimum atomic E-state index is -3.83. The number of aliphatic hydroxyl groups is 2. The molecule has 1 saturated heterocycles. The summed E-state index contributed by atoms with van der Waals surface area (Å²) in [5, 5.41) is 24.1. The van der Waals surface area contributed by atoms with Crippen LogP contribution in [0.4, 0.5) is 26.0 Å². The van der Waals surface area contributed by atoms with Crippen LogP contribution in [0, 0.1) is 0 Å². The fourth-order valence-corrected chi connectivity index (χ4v) is 4.60. The topological polar surface area (TPSA) is 169 Å². The van der Waals surface area contributed by atoms with Gasteiger partial charge in [-0.05, 0) is 42.2 Å². The number of nitrogens with two attached hydrogens (primary N) is 1. The van der Waals surface area contributed by atoms with Crippen LogP contribution >= 0.6 is 0 Å². The Kier molecular flexibility index (Phi) is 9.99. The summed E-state index contributed by atoms with van der Waals surface area (Å²) in [5.74, 6) is -4.52. The van der Waals surface area contributed by atoms with Gasteiger partial charge in [-0.2, -0.15) is 13.8 Å². The third-order valence-electron chi connectivity index (χ3n) is 6.90. The number of carbonyl (C=O) groups is 2. The van der Waals surface area contributed by atoms with E-state index in [1.807, 2.05) is 42.5 Å². The zero-order valence-corrected chi connectivity index (χ0v) is 22.7. The van der Waals surface area contributed by atoms with E-state index in [2.05, 4.69) is 15.6 Å². The molecule has 0 aliphatic carbocycles. The van der Waals surface area contributed by atoms with E-state index < -0.39 is 42.6 Å². The lowest BCUT2D eigenvalue weighted by Gasteiger charge is -2.21. The van der Waals surface area contributed by atoms with Gasteiger partial charge in [-0.25, -0.2) is 4.79 Å². The Hall–Kier alpha value is -4.20. The van der Waals surface area contributed by atoms with Crippen molar-refractivity contribution in [1.29, 1.82) is 0 Å². The monoisotopic (exact) mass is 585 g/mol. The Morgan fingerprint density at radius 3 is 2.26 bits per heavy atom. The molecule has 2 aromatic carbocycles. The number of halogens is 2. The molecule has 2 heterocycles. The molecule has 1 fully saturated rings. The maximum Gasteiger partial charge on any atom is 0.351 e. The summed E-state index contributed by atoms with van der Waals surface area (Å²) in [6.07, 6.45) is -2.04. The first-order chi connectivity index (χ1) is 20.1. The number of alkyl halides is 2. The van der Waals surface area contributed by atoms with E-state index in [-0.39, 0.29) is 18.1 Å². The van der Waals surface area contributed by atoms with Gasteiger partial charge in [-0.1, -0.05) is 49.2 Å². The molecule has 4 rings (SSSR count). The molecule has 6 N–H and O–H groups in total. The molecule has 3 atom stereocenters. The van der Waals surface area contributed by atoms with Gasteiger partial charge in [0.2, 0.25) is 18.0 Å². The van der Waals surface area contributed by atoms with Gasteiger partial charge in [-0.15, -0.1) is 0 Å². The van der Waals surface area contributed by atoms with Gasteiger partial charge >= 0.3 is 11.6 Å². The second kappa shape index (κ2) is 13.6. The number of aromatic nitrogens is 2. The minimum absolute atomic E-state index is 0.117. The number of ether oxygens (including phenoxy) is 1. The highest BCUT2D eigenvalue weighted by Gasteiger charge is 2.59. The van der Waals surface area contributed by atoms with E-state index in [4.69, 9.17) is 15.6 Å². The SMILES string of the molecule is Nc1ccc(-c2ccccc2)cc1NC(=O)CCCCCCC(=O)Nc1ccn([C@@H]2O[C@H](CO)[C@@H](O)C2(F)F)c(=O)n1. The zero-order valence-electron chi connectivity index (χ0n) is 22.7. The van der Waals surface area contributed by atoms with Crippen molar-refractivity contribution in [2.75, 3.05) is 23.0 Å². The first kappa shape index (κ1) is 30.8. The van der Waals surface area contributed by atoms with Gasteiger partial charge in [0.25, 0.3) is 0 Å². The molecular weight excluding hydrogens is 552 g/mol. The molecule has 224 valence electrons. The number of benzene rings is 2. The number of hydrogen-bond acceptors (Lipinski definition) is 8. The number of nitrogens with one attached hydrogen (secondary N) is 2. The van der Waals surface area contributed by atoms with Crippen molar-refractivity contribution in [1.82, 2.24) is 9.55 Å². The van der Waals surface area contributed by atoms with Crippen molar-refractivity contribution in [3.05, 3.63) is 71.3 Å². The molecule has 1 aromatic heterocycles. The zero-order chi connectivity index (χ0) is 30.3. The van der Waals surface area contributed by atoms with E-state index in [1.54, 1.807) is 6.07 Å². The van der Waals surface area contributed by atoms with Gasteiger partial charge in [0, 0.05) is 19.0 Å². The molecule has 0 spiro atoms. The summed E-state index contributed by atoms with van der Waals surface area (Å²) < 4.78 is 34.0. The van der Waals surface area contributed by atoms with Crippen molar-refractivity contribution >= 4 is 29.0 Å². The number of anilines is 3.